The zero-order chi connectivity index (χ0) is 25.1. The van der Waals surface area contributed by atoms with Gasteiger partial charge in [-0.1, -0.05) is 37.8 Å². The lowest BCUT2D eigenvalue weighted by Gasteiger charge is -2.36. The molecule has 34 heavy (non-hydrogen) atoms. The van der Waals surface area contributed by atoms with Crippen LogP contribution < -0.4 is 4.74 Å². The Bertz CT molecular complexity index is 871. The maximum absolute atomic E-state index is 13.2. The summed E-state index contributed by atoms with van der Waals surface area (Å²) < 4.78 is 10.7. The lowest BCUT2D eigenvalue weighted by Crippen LogP contribution is -2.46. The van der Waals surface area contributed by atoms with E-state index in [4.69, 9.17) is 21.1 Å². The minimum absolute atomic E-state index is 0.0221. The fourth-order valence-electron chi connectivity index (χ4n) is 4.57. The first-order valence-corrected chi connectivity index (χ1v) is 12.2. The molecule has 1 aliphatic carbocycles. The molecule has 0 heterocycles. The number of nitrogens with zero attached hydrogens (tertiary/aromatic N) is 2. The number of carbonyl (C=O) groups is 3. The largest absolute Gasteiger partial charge is 0.486 e. The molecule has 0 aliphatic heterocycles. The summed E-state index contributed by atoms with van der Waals surface area (Å²) in [4.78, 5) is 48.1. The second kappa shape index (κ2) is 13.9. The van der Waals surface area contributed by atoms with Gasteiger partial charge in [0.2, 0.25) is 11.7 Å². The molecule has 0 spiro atoms. The third-order valence-corrected chi connectivity index (χ3v) is 6.39. The van der Waals surface area contributed by atoms with Gasteiger partial charge in [-0.3, -0.25) is 24.5 Å². The van der Waals surface area contributed by atoms with Crippen LogP contribution in [0.5, 0.6) is 5.75 Å². The molecule has 0 saturated heterocycles. The minimum atomic E-state index is -0.705. The Morgan fingerprint density at radius 1 is 1.29 bits per heavy atom. The number of benzene rings is 1. The van der Waals surface area contributed by atoms with Gasteiger partial charge in [-0.05, 0) is 43.7 Å². The van der Waals surface area contributed by atoms with Crippen LogP contribution in [0.3, 0.4) is 0 Å². The zero-order valence-electron chi connectivity index (χ0n) is 19.8. The molecule has 1 fully saturated rings. The predicted molar refractivity (Wildman–Crippen MR) is 127 cm³/mol. The van der Waals surface area contributed by atoms with Gasteiger partial charge in [0.25, 0.3) is 0 Å². The third-order valence-electron chi connectivity index (χ3n) is 6.09. The molecular formula is C24H33ClN2O7. The molecular weight excluding hydrogens is 464 g/mol. The summed E-state index contributed by atoms with van der Waals surface area (Å²) in [6, 6.07) is 2.73. The molecule has 1 unspecified atom stereocenters. The van der Waals surface area contributed by atoms with Gasteiger partial charge in [0.15, 0.2) is 6.29 Å². The van der Waals surface area contributed by atoms with E-state index in [9.17, 15) is 24.5 Å². The summed E-state index contributed by atoms with van der Waals surface area (Å²) in [7, 11) is 0. The summed E-state index contributed by atoms with van der Waals surface area (Å²) in [5.74, 6) is -0.191. The lowest BCUT2D eigenvalue weighted by molar-refractivity contribution is -0.386. The number of amides is 1. The highest BCUT2D eigenvalue weighted by Crippen LogP contribution is 2.37. The van der Waals surface area contributed by atoms with Gasteiger partial charge >= 0.3 is 11.7 Å². The predicted octanol–water partition coefficient (Wildman–Crippen LogP) is 4.97. The Labute approximate surface area is 204 Å². The molecule has 0 N–H and O–H groups in total. The number of nitro groups is 1. The van der Waals surface area contributed by atoms with Crippen molar-refractivity contribution in [3.8, 4) is 5.75 Å². The highest BCUT2D eigenvalue weighted by molar-refractivity contribution is 6.32. The SMILES string of the molecule is CCCC(C1CCCC1)N(CCOC(C)=O)C(=O)CCCOc1c(Cl)ccc(C=O)c1[N+](=O)[O-]. The van der Waals surface area contributed by atoms with Gasteiger partial charge in [0.1, 0.15) is 6.61 Å². The summed E-state index contributed by atoms with van der Waals surface area (Å²) in [6.45, 7) is 3.93. The first-order valence-electron chi connectivity index (χ1n) is 11.8. The molecule has 1 amide bonds. The number of rotatable bonds is 14. The van der Waals surface area contributed by atoms with Crippen LogP contribution in [0.2, 0.25) is 5.02 Å². The van der Waals surface area contributed by atoms with Gasteiger partial charge in [-0.2, -0.15) is 0 Å². The van der Waals surface area contributed by atoms with Crippen molar-refractivity contribution >= 4 is 35.5 Å². The van der Waals surface area contributed by atoms with Crippen LogP contribution in [-0.4, -0.2) is 53.8 Å². The van der Waals surface area contributed by atoms with Crippen LogP contribution in [-0.2, 0) is 14.3 Å². The molecule has 9 nitrogen and oxygen atoms in total. The van der Waals surface area contributed by atoms with E-state index < -0.39 is 10.6 Å². The van der Waals surface area contributed by atoms with Gasteiger partial charge < -0.3 is 14.4 Å². The fourth-order valence-corrected chi connectivity index (χ4v) is 4.78. The number of nitro benzene ring substituents is 1. The standard InChI is InChI=1S/C24H33ClN2O7/c1-3-7-21(18-8-4-5-9-18)26(13-15-33-17(2)29)22(30)10-6-14-34-24-20(25)12-11-19(16-28)23(24)27(31)32/h11-12,16,18,21H,3-10,13-15H2,1-2H3. The van der Waals surface area contributed by atoms with Gasteiger partial charge in [-0.25, -0.2) is 0 Å². The number of halogens is 1. The smallest absolute Gasteiger partial charge is 0.322 e. The summed E-state index contributed by atoms with van der Waals surface area (Å²) in [5.41, 5.74) is -0.614. The molecule has 0 aromatic heterocycles. The van der Waals surface area contributed by atoms with Gasteiger partial charge in [0, 0.05) is 19.4 Å². The average molecular weight is 497 g/mol. The molecule has 2 rings (SSSR count). The Morgan fingerprint density at radius 3 is 2.59 bits per heavy atom. The van der Waals surface area contributed by atoms with E-state index in [-0.39, 0.29) is 53.9 Å². The Morgan fingerprint density at radius 2 is 2.00 bits per heavy atom. The first kappa shape index (κ1) is 27.6. The van der Waals surface area contributed by atoms with E-state index in [1.54, 1.807) is 0 Å². The molecule has 0 radical (unpaired) electrons. The minimum Gasteiger partial charge on any atom is -0.486 e. The topological polar surface area (TPSA) is 116 Å². The van der Waals surface area contributed by atoms with Crippen LogP contribution in [0.25, 0.3) is 0 Å². The van der Waals surface area contributed by atoms with Crippen LogP contribution in [0.4, 0.5) is 5.69 Å². The van der Waals surface area contributed by atoms with Crippen molar-refractivity contribution in [2.24, 2.45) is 5.92 Å². The molecule has 10 heteroatoms. The average Bonchev–Trinajstić information content (AvgIpc) is 3.33. The van der Waals surface area contributed by atoms with Crippen LogP contribution >= 0.6 is 11.6 Å². The van der Waals surface area contributed by atoms with Crippen molar-refractivity contribution < 1.29 is 28.8 Å². The van der Waals surface area contributed by atoms with Gasteiger partial charge in [-0.15, -0.1) is 0 Å². The second-order valence-corrected chi connectivity index (χ2v) is 8.88. The van der Waals surface area contributed by atoms with Crippen LogP contribution in [0.15, 0.2) is 12.1 Å². The van der Waals surface area contributed by atoms with Crippen molar-refractivity contribution in [1.82, 2.24) is 4.90 Å². The lowest BCUT2D eigenvalue weighted by atomic mass is 9.92. The van der Waals surface area contributed by atoms with Crippen molar-refractivity contribution in [2.45, 2.75) is 71.3 Å². The van der Waals surface area contributed by atoms with Crippen molar-refractivity contribution in [3.05, 3.63) is 32.8 Å². The van der Waals surface area contributed by atoms with E-state index in [1.807, 2.05) is 4.90 Å². The highest BCUT2D eigenvalue weighted by Gasteiger charge is 2.32. The quantitative estimate of drug-likeness (QED) is 0.117. The molecule has 1 atom stereocenters. The van der Waals surface area contributed by atoms with E-state index in [1.165, 1.54) is 19.1 Å². The molecule has 0 bridgehead atoms. The Balaban J connectivity index is 2.05. The fraction of sp³-hybridized carbons (Fsp3) is 0.625. The van der Waals surface area contributed by atoms with E-state index in [0.29, 0.717) is 25.2 Å². The second-order valence-electron chi connectivity index (χ2n) is 8.47. The number of hydrogen-bond acceptors (Lipinski definition) is 7. The molecule has 1 saturated carbocycles. The first-order chi connectivity index (χ1) is 16.3. The molecule has 1 aromatic carbocycles. The van der Waals surface area contributed by atoms with E-state index in [2.05, 4.69) is 6.92 Å². The number of hydrogen-bond donors (Lipinski definition) is 0. The van der Waals surface area contributed by atoms with Crippen molar-refractivity contribution in [2.75, 3.05) is 19.8 Å². The normalized spacial score (nSPS) is 14.4. The van der Waals surface area contributed by atoms with Crippen molar-refractivity contribution in [3.63, 3.8) is 0 Å². The maximum atomic E-state index is 13.2. The van der Waals surface area contributed by atoms with Crippen LogP contribution in [0, 0.1) is 16.0 Å². The van der Waals surface area contributed by atoms with Gasteiger partial charge in [0.05, 0.1) is 28.7 Å². The number of carbonyl (C=O) groups excluding carboxylic acids is 3. The summed E-state index contributed by atoms with van der Waals surface area (Å²) >= 11 is 6.06. The molecule has 1 aliphatic rings. The number of ether oxygens (including phenoxy) is 2. The number of esters is 1. The van der Waals surface area contributed by atoms with E-state index >= 15 is 0 Å². The highest BCUT2D eigenvalue weighted by atomic mass is 35.5. The van der Waals surface area contributed by atoms with E-state index in [0.717, 1.165) is 38.5 Å². The molecule has 1 aromatic rings. The number of aldehydes is 1. The van der Waals surface area contributed by atoms with Crippen LogP contribution in [0.1, 0.15) is 75.6 Å². The monoisotopic (exact) mass is 496 g/mol. The Hall–Kier alpha value is -2.68. The maximum Gasteiger partial charge on any atom is 0.322 e. The summed E-state index contributed by atoms with van der Waals surface area (Å²) in [5, 5.41) is 11.4. The zero-order valence-corrected chi connectivity index (χ0v) is 20.6. The molecule has 188 valence electrons. The van der Waals surface area contributed by atoms with Crippen molar-refractivity contribution in [1.29, 1.82) is 0 Å². The summed E-state index contributed by atoms with van der Waals surface area (Å²) in [6.07, 6.45) is 7.17. The third kappa shape index (κ3) is 7.68. The Kier molecular flexibility index (Phi) is 11.3.